The summed E-state index contributed by atoms with van der Waals surface area (Å²) in [5.74, 6) is 1.55. The normalized spacial score (nSPS) is 10.7. The number of nitrogens with one attached hydrogen (secondary N) is 1. The van der Waals surface area contributed by atoms with Crippen LogP contribution in [-0.2, 0) is 6.42 Å². The van der Waals surface area contributed by atoms with Crippen molar-refractivity contribution in [2.75, 3.05) is 11.9 Å². The zero-order valence-electron chi connectivity index (χ0n) is 11.9. The summed E-state index contributed by atoms with van der Waals surface area (Å²) in [4.78, 5) is 9.32. The number of aromatic nitrogens is 2. The SMILES string of the molecule is CCCNc1nc(-c2cc(Br)ccc2Cl)nc(CC)c1I. The maximum atomic E-state index is 6.30. The third-order valence-electron chi connectivity index (χ3n) is 2.97. The number of nitrogens with zero attached hydrogens (tertiary/aromatic N) is 2. The van der Waals surface area contributed by atoms with Crippen molar-refractivity contribution in [1.82, 2.24) is 9.97 Å². The number of halogens is 3. The molecule has 2 rings (SSSR count). The number of hydrogen-bond acceptors (Lipinski definition) is 3. The van der Waals surface area contributed by atoms with E-state index in [4.69, 9.17) is 11.6 Å². The highest BCUT2D eigenvalue weighted by Gasteiger charge is 2.14. The molecule has 6 heteroatoms. The van der Waals surface area contributed by atoms with E-state index in [2.05, 4.69) is 67.7 Å². The van der Waals surface area contributed by atoms with Crippen LogP contribution in [0.15, 0.2) is 22.7 Å². The first-order valence-electron chi connectivity index (χ1n) is 6.82. The lowest BCUT2D eigenvalue weighted by atomic mass is 10.2. The summed E-state index contributed by atoms with van der Waals surface area (Å²) in [5, 5.41) is 4.02. The van der Waals surface area contributed by atoms with Gasteiger partial charge in [-0.2, -0.15) is 0 Å². The van der Waals surface area contributed by atoms with Crippen LogP contribution in [0.2, 0.25) is 5.02 Å². The molecule has 0 amide bonds. The van der Waals surface area contributed by atoms with Gasteiger partial charge in [-0.3, -0.25) is 0 Å². The molecule has 2 aromatic rings. The van der Waals surface area contributed by atoms with Crippen LogP contribution in [0.3, 0.4) is 0 Å². The Morgan fingerprint density at radius 3 is 2.71 bits per heavy atom. The standard InChI is InChI=1S/C15H16BrClIN3/c1-3-7-19-15-13(18)12(4-2)20-14(21-15)10-8-9(16)5-6-11(10)17/h5-6,8H,3-4,7H2,1-2H3,(H,19,20,21). The van der Waals surface area contributed by atoms with Crippen molar-refractivity contribution in [3.8, 4) is 11.4 Å². The topological polar surface area (TPSA) is 37.8 Å². The average Bonchev–Trinajstić information content (AvgIpc) is 2.48. The van der Waals surface area contributed by atoms with E-state index >= 15 is 0 Å². The first-order valence-corrected chi connectivity index (χ1v) is 9.07. The Balaban J connectivity index is 2.55. The molecule has 3 nitrogen and oxygen atoms in total. The fourth-order valence-electron chi connectivity index (χ4n) is 1.88. The van der Waals surface area contributed by atoms with Crippen LogP contribution >= 0.6 is 50.1 Å². The number of hydrogen-bond donors (Lipinski definition) is 1. The van der Waals surface area contributed by atoms with Crippen molar-refractivity contribution in [3.05, 3.63) is 37.0 Å². The third-order valence-corrected chi connectivity index (χ3v) is 4.92. The van der Waals surface area contributed by atoms with Crippen molar-refractivity contribution < 1.29 is 0 Å². The van der Waals surface area contributed by atoms with Gasteiger partial charge in [0.05, 0.1) is 14.3 Å². The van der Waals surface area contributed by atoms with Gasteiger partial charge >= 0.3 is 0 Å². The molecule has 0 fully saturated rings. The highest BCUT2D eigenvalue weighted by molar-refractivity contribution is 14.1. The highest BCUT2D eigenvalue weighted by atomic mass is 127. The van der Waals surface area contributed by atoms with Gasteiger partial charge in [-0.25, -0.2) is 9.97 Å². The Hall–Kier alpha value is -0.400. The molecule has 112 valence electrons. The minimum atomic E-state index is 0.655. The molecular weight excluding hydrogens is 464 g/mol. The molecule has 0 bridgehead atoms. The Labute approximate surface area is 152 Å². The lowest BCUT2D eigenvalue weighted by Crippen LogP contribution is -2.09. The number of aryl methyl sites for hydroxylation is 1. The maximum absolute atomic E-state index is 6.30. The van der Waals surface area contributed by atoms with Crippen LogP contribution in [0.1, 0.15) is 26.0 Å². The van der Waals surface area contributed by atoms with Gasteiger partial charge in [-0.1, -0.05) is 41.4 Å². The molecule has 0 aliphatic carbocycles. The second-order valence-corrected chi connectivity index (χ2v) is 6.96. The van der Waals surface area contributed by atoms with Crippen LogP contribution in [0.25, 0.3) is 11.4 Å². The molecule has 0 unspecified atom stereocenters. The van der Waals surface area contributed by atoms with Crippen molar-refractivity contribution >= 4 is 55.9 Å². The van der Waals surface area contributed by atoms with Gasteiger partial charge in [-0.05, 0) is 53.6 Å². The lowest BCUT2D eigenvalue weighted by Gasteiger charge is -2.13. The van der Waals surface area contributed by atoms with Crippen LogP contribution in [0.5, 0.6) is 0 Å². The maximum Gasteiger partial charge on any atom is 0.163 e. The molecule has 0 atom stereocenters. The zero-order chi connectivity index (χ0) is 15.4. The Morgan fingerprint density at radius 2 is 2.05 bits per heavy atom. The minimum absolute atomic E-state index is 0.655. The molecule has 1 heterocycles. The molecule has 1 N–H and O–H groups in total. The van der Waals surface area contributed by atoms with E-state index in [9.17, 15) is 0 Å². The molecule has 21 heavy (non-hydrogen) atoms. The van der Waals surface area contributed by atoms with E-state index in [-0.39, 0.29) is 0 Å². The van der Waals surface area contributed by atoms with Gasteiger partial charge in [0, 0.05) is 16.6 Å². The van der Waals surface area contributed by atoms with Gasteiger partial charge < -0.3 is 5.32 Å². The smallest absolute Gasteiger partial charge is 0.163 e. The molecular formula is C15H16BrClIN3. The summed E-state index contributed by atoms with van der Waals surface area (Å²) < 4.78 is 2.04. The first kappa shape index (κ1) is 17.0. The largest absolute Gasteiger partial charge is 0.369 e. The number of rotatable bonds is 5. The van der Waals surface area contributed by atoms with Crippen LogP contribution in [0, 0.1) is 3.57 Å². The van der Waals surface area contributed by atoms with E-state index in [1.54, 1.807) is 0 Å². The van der Waals surface area contributed by atoms with Crippen molar-refractivity contribution in [1.29, 1.82) is 0 Å². The minimum Gasteiger partial charge on any atom is -0.369 e. The molecule has 0 aliphatic rings. The molecule has 1 aromatic carbocycles. The quantitative estimate of drug-likeness (QED) is 0.571. The van der Waals surface area contributed by atoms with E-state index in [0.29, 0.717) is 10.8 Å². The van der Waals surface area contributed by atoms with Crippen LogP contribution in [0.4, 0.5) is 5.82 Å². The number of benzene rings is 1. The lowest BCUT2D eigenvalue weighted by molar-refractivity contribution is 0.943. The van der Waals surface area contributed by atoms with Crippen molar-refractivity contribution in [3.63, 3.8) is 0 Å². The average molecular weight is 481 g/mol. The van der Waals surface area contributed by atoms with E-state index in [0.717, 1.165) is 44.5 Å². The summed E-state index contributed by atoms with van der Waals surface area (Å²) in [6, 6.07) is 5.72. The van der Waals surface area contributed by atoms with Crippen LogP contribution < -0.4 is 5.32 Å². The fraction of sp³-hybridized carbons (Fsp3) is 0.333. The zero-order valence-corrected chi connectivity index (χ0v) is 16.4. The van der Waals surface area contributed by atoms with Gasteiger partial charge in [0.25, 0.3) is 0 Å². The molecule has 0 saturated heterocycles. The molecule has 0 radical (unpaired) electrons. The monoisotopic (exact) mass is 479 g/mol. The summed E-state index contributed by atoms with van der Waals surface area (Å²) in [7, 11) is 0. The van der Waals surface area contributed by atoms with Gasteiger partial charge in [0.1, 0.15) is 5.82 Å². The van der Waals surface area contributed by atoms with Gasteiger partial charge in [0.2, 0.25) is 0 Å². The predicted molar refractivity (Wildman–Crippen MR) is 101 cm³/mol. The Bertz CT molecular complexity index is 649. The molecule has 0 spiro atoms. The van der Waals surface area contributed by atoms with Crippen molar-refractivity contribution in [2.45, 2.75) is 26.7 Å². The second kappa shape index (κ2) is 7.74. The Kier molecular flexibility index (Phi) is 6.25. The first-order chi connectivity index (χ1) is 10.1. The van der Waals surface area contributed by atoms with Gasteiger partial charge in [0.15, 0.2) is 5.82 Å². The highest BCUT2D eigenvalue weighted by Crippen LogP contribution is 2.31. The fourth-order valence-corrected chi connectivity index (χ4v) is 3.25. The van der Waals surface area contributed by atoms with Crippen molar-refractivity contribution in [2.24, 2.45) is 0 Å². The van der Waals surface area contributed by atoms with Gasteiger partial charge in [-0.15, -0.1) is 0 Å². The molecule has 1 aromatic heterocycles. The number of anilines is 1. The third kappa shape index (κ3) is 4.07. The van der Waals surface area contributed by atoms with Crippen LogP contribution in [-0.4, -0.2) is 16.5 Å². The summed E-state index contributed by atoms with van der Waals surface area (Å²) in [5.41, 5.74) is 1.88. The second-order valence-electron chi connectivity index (χ2n) is 4.56. The summed E-state index contributed by atoms with van der Waals surface area (Å²) in [6.07, 6.45) is 1.91. The molecule has 0 aliphatic heterocycles. The van der Waals surface area contributed by atoms with E-state index < -0.39 is 0 Å². The van der Waals surface area contributed by atoms with E-state index in [1.807, 2.05) is 18.2 Å². The van der Waals surface area contributed by atoms with E-state index in [1.165, 1.54) is 0 Å². The summed E-state index contributed by atoms with van der Waals surface area (Å²) >= 11 is 12.1. The summed E-state index contributed by atoms with van der Waals surface area (Å²) in [6.45, 7) is 5.12. The Morgan fingerprint density at radius 1 is 1.29 bits per heavy atom. The predicted octanol–water partition coefficient (Wildman–Crippen LogP) is 5.55. The molecule has 0 saturated carbocycles.